The van der Waals surface area contributed by atoms with E-state index < -0.39 is 11.9 Å². The van der Waals surface area contributed by atoms with E-state index in [1.54, 1.807) is 12.1 Å². The Bertz CT molecular complexity index is 1090. The number of methoxy groups -OCH3 is 1. The molecule has 4 atom stereocenters. The SMILES string of the molecule is COC(=O)c1ccc(OC(=O)c2ccc(N3C(=O)[C@@H]4[C@H](C3=O)[C@H]3C=C[C@H]4C3)cc2)cc1. The molecule has 2 aromatic carbocycles. The Hall–Kier alpha value is -3.74. The summed E-state index contributed by atoms with van der Waals surface area (Å²) >= 11 is 0. The van der Waals surface area contributed by atoms with Crippen molar-refractivity contribution in [2.45, 2.75) is 6.42 Å². The van der Waals surface area contributed by atoms with Gasteiger partial charge in [-0.05, 0) is 66.8 Å². The maximum absolute atomic E-state index is 12.9. The molecule has 7 nitrogen and oxygen atoms in total. The minimum Gasteiger partial charge on any atom is -0.465 e. The zero-order valence-electron chi connectivity index (χ0n) is 16.7. The molecule has 2 bridgehead atoms. The van der Waals surface area contributed by atoms with Crippen molar-refractivity contribution < 1.29 is 28.7 Å². The largest absolute Gasteiger partial charge is 0.465 e. The van der Waals surface area contributed by atoms with E-state index in [0.29, 0.717) is 11.3 Å². The van der Waals surface area contributed by atoms with Crippen LogP contribution in [0.15, 0.2) is 60.7 Å². The van der Waals surface area contributed by atoms with Gasteiger partial charge in [-0.3, -0.25) is 14.5 Å². The quantitative estimate of drug-likeness (QED) is 0.329. The van der Waals surface area contributed by atoms with Crippen molar-refractivity contribution in [3.05, 3.63) is 71.8 Å². The smallest absolute Gasteiger partial charge is 0.343 e. The number of esters is 2. The standard InChI is InChI=1S/C24H19NO6/c1-30-23(28)13-6-10-18(11-7-13)31-24(29)14-4-8-17(9-5-14)25-21(26)19-15-2-3-16(12-15)20(19)22(25)27/h2-11,15-16,19-20H,12H2,1H3/t15-,16-,19-,20+/m0/s1. The van der Waals surface area contributed by atoms with E-state index in [2.05, 4.69) is 16.9 Å². The number of imide groups is 1. The molecule has 2 aliphatic carbocycles. The Morgan fingerprint density at radius 1 is 0.806 bits per heavy atom. The molecule has 5 rings (SSSR count). The van der Waals surface area contributed by atoms with Gasteiger partial charge in [0.15, 0.2) is 0 Å². The van der Waals surface area contributed by atoms with Crippen molar-refractivity contribution in [1.29, 1.82) is 0 Å². The first-order valence-electron chi connectivity index (χ1n) is 10.0. The molecular weight excluding hydrogens is 398 g/mol. The molecule has 2 fully saturated rings. The van der Waals surface area contributed by atoms with Crippen LogP contribution in [0.4, 0.5) is 5.69 Å². The van der Waals surface area contributed by atoms with Crippen LogP contribution in [0.3, 0.4) is 0 Å². The number of anilines is 1. The molecule has 1 aliphatic heterocycles. The molecule has 0 N–H and O–H groups in total. The van der Waals surface area contributed by atoms with Crippen LogP contribution in [0.25, 0.3) is 0 Å². The van der Waals surface area contributed by atoms with Crippen LogP contribution in [0.2, 0.25) is 0 Å². The number of nitrogens with zero attached hydrogens (tertiary/aromatic N) is 1. The van der Waals surface area contributed by atoms with Gasteiger partial charge in [-0.25, -0.2) is 9.59 Å². The minimum atomic E-state index is -0.587. The molecule has 156 valence electrons. The normalized spacial score (nSPS) is 25.6. The molecule has 0 radical (unpaired) electrons. The van der Waals surface area contributed by atoms with Crippen molar-refractivity contribution in [1.82, 2.24) is 0 Å². The van der Waals surface area contributed by atoms with Crippen molar-refractivity contribution in [3.63, 3.8) is 0 Å². The molecule has 1 saturated carbocycles. The Kier molecular flexibility index (Phi) is 4.46. The molecule has 0 spiro atoms. The van der Waals surface area contributed by atoms with Crippen molar-refractivity contribution >= 4 is 29.4 Å². The minimum absolute atomic E-state index is 0.149. The lowest BCUT2D eigenvalue weighted by atomic mass is 9.85. The van der Waals surface area contributed by atoms with E-state index in [1.807, 2.05) is 0 Å². The van der Waals surface area contributed by atoms with Crippen molar-refractivity contribution in [2.24, 2.45) is 23.7 Å². The number of ether oxygens (including phenoxy) is 2. The topological polar surface area (TPSA) is 90.0 Å². The van der Waals surface area contributed by atoms with Crippen molar-refractivity contribution in [3.8, 4) is 5.75 Å². The summed E-state index contributed by atoms with van der Waals surface area (Å²) in [7, 11) is 1.29. The summed E-state index contributed by atoms with van der Waals surface area (Å²) in [6, 6.07) is 12.2. The van der Waals surface area contributed by atoms with Crippen molar-refractivity contribution in [2.75, 3.05) is 12.0 Å². The fraction of sp³-hybridized carbons (Fsp3) is 0.250. The summed E-state index contributed by atoms with van der Waals surface area (Å²) in [5, 5.41) is 0. The number of hydrogen-bond donors (Lipinski definition) is 0. The highest BCUT2D eigenvalue weighted by Gasteiger charge is 2.59. The second-order valence-electron chi connectivity index (χ2n) is 7.96. The van der Waals surface area contributed by atoms with Crippen LogP contribution in [0, 0.1) is 23.7 Å². The number of rotatable bonds is 4. The van der Waals surface area contributed by atoms with E-state index >= 15 is 0 Å². The van der Waals surface area contributed by atoms with Crippen LogP contribution in [0.1, 0.15) is 27.1 Å². The predicted molar refractivity (Wildman–Crippen MR) is 109 cm³/mol. The summed E-state index contributed by atoms with van der Waals surface area (Å²) in [6.07, 6.45) is 4.99. The molecule has 1 heterocycles. The van der Waals surface area contributed by atoms with Gasteiger partial charge in [0.05, 0.1) is 35.8 Å². The lowest BCUT2D eigenvalue weighted by molar-refractivity contribution is -0.123. The number of allylic oxidation sites excluding steroid dienone is 2. The first kappa shape index (κ1) is 19.2. The first-order valence-corrected chi connectivity index (χ1v) is 10.0. The summed E-state index contributed by atoms with van der Waals surface area (Å²) in [4.78, 5) is 50.9. The number of benzene rings is 2. The zero-order chi connectivity index (χ0) is 21.7. The van der Waals surface area contributed by atoms with Gasteiger partial charge in [-0.15, -0.1) is 0 Å². The molecule has 1 saturated heterocycles. The Morgan fingerprint density at radius 3 is 1.87 bits per heavy atom. The first-order chi connectivity index (χ1) is 15.0. The van der Waals surface area contributed by atoms with E-state index in [9.17, 15) is 19.2 Å². The summed E-state index contributed by atoms with van der Waals surface area (Å²) < 4.78 is 9.96. The second-order valence-corrected chi connectivity index (χ2v) is 7.96. The predicted octanol–water partition coefficient (Wildman–Crippen LogP) is 3.00. The molecule has 3 aliphatic rings. The monoisotopic (exact) mass is 417 g/mol. The van der Waals surface area contributed by atoms with Crippen LogP contribution >= 0.6 is 0 Å². The van der Waals surface area contributed by atoms with Gasteiger partial charge in [-0.2, -0.15) is 0 Å². The third kappa shape index (κ3) is 3.04. The summed E-state index contributed by atoms with van der Waals surface area (Å²) in [5.41, 5.74) is 1.09. The number of hydrogen-bond acceptors (Lipinski definition) is 6. The third-order valence-electron chi connectivity index (χ3n) is 6.32. The van der Waals surface area contributed by atoms with Gasteiger partial charge in [0.25, 0.3) is 0 Å². The lowest BCUT2D eigenvalue weighted by Crippen LogP contribution is -2.32. The molecule has 0 unspecified atom stereocenters. The molecule has 7 heteroatoms. The molecule has 0 aromatic heterocycles. The average Bonchev–Trinajstić information content (AvgIpc) is 3.47. The summed E-state index contributed by atoms with van der Waals surface area (Å²) in [5.74, 6) is -1.33. The van der Waals surface area contributed by atoms with Gasteiger partial charge in [0.1, 0.15) is 5.75 Å². The fourth-order valence-corrected chi connectivity index (χ4v) is 4.85. The fourth-order valence-electron chi connectivity index (χ4n) is 4.85. The highest BCUT2D eigenvalue weighted by atomic mass is 16.5. The van der Waals surface area contributed by atoms with Gasteiger partial charge in [0, 0.05) is 0 Å². The molecular formula is C24H19NO6. The van der Waals surface area contributed by atoms with E-state index in [0.717, 1.165) is 6.42 Å². The van der Waals surface area contributed by atoms with E-state index in [4.69, 9.17) is 4.74 Å². The van der Waals surface area contributed by atoms with Crippen LogP contribution in [0.5, 0.6) is 5.75 Å². The van der Waals surface area contributed by atoms with Gasteiger partial charge < -0.3 is 9.47 Å². The number of amides is 2. The van der Waals surface area contributed by atoms with Gasteiger partial charge >= 0.3 is 11.9 Å². The molecule has 31 heavy (non-hydrogen) atoms. The number of carbonyl (C=O) groups excluding carboxylic acids is 4. The number of carbonyl (C=O) groups is 4. The van der Waals surface area contributed by atoms with Crippen LogP contribution < -0.4 is 9.64 Å². The zero-order valence-corrected chi connectivity index (χ0v) is 16.7. The Labute approximate surface area is 178 Å². The molecule has 2 amide bonds. The van der Waals surface area contributed by atoms with Gasteiger partial charge in [-0.1, -0.05) is 12.2 Å². The van der Waals surface area contributed by atoms with Gasteiger partial charge in [0.2, 0.25) is 11.8 Å². The lowest BCUT2D eigenvalue weighted by Gasteiger charge is -2.17. The van der Waals surface area contributed by atoms with Crippen LogP contribution in [-0.4, -0.2) is 30.9 Å². The Balaban J connectivity index is 1.29. The second kappa shape index (κ2) is 7.19. The maximum Gasteiger partial charge on any atom is 0.343 e. The highest BCUT2D eigenvalue weighted by molar-refractivity contribution is 6.22. The maximum atomic E-state index is 12.9. The average molecular weight is 417 g/mol. The van der Waals surface area contributed by atoms with Crippen LogP contribution in [-0.2, 0) is 14.3 Å². The number of fused-ring (bicyclic) bond motifs is 5. The Morgan fingerprint density at radius 2 is 1.32 bits per heavy atom. The van der Waals surface area contributed by atoms with E-state index in [1.165, 1.54) is 48.4 Å². The molecule has 2 aromatic rings. The van der Waals surface area contributed by atoms with E-state index in [-0.39, 0.29) is 46.8 Å². The highest BCUT2D eigenvalue weighted by Crippen LogP contribution is 2.53. The summed E-state index contributed by atoms with van der Waals surface area (Å²) in [6.45, 7) is 0. The third-order valence-corrected chi connectivity index (χ3v) is 6.32.